The molecule has 2 rings (SSSR count). The van der Waals surface area contributed by atoms with E-state index in [1.165, 1.54) is 0 Å². The predicted molar refractivity (Wildman–Crippen MR) is 103 cm³/mol. The average molecular weight is 397 g/mol. The number of amides is 2. The summed E-state index contributed by atoms with van der Waals surface area (Å²) in [4.78, 5) is 27.8. The van der Waals surface area contributed by atoms with Gasteiger partial charge in [0.15, 0.2) is 0 Å². The van der Waals surface area contributed by atoms with E-state index in [2.05, 4.69) is 0 Å². The van der Waals surface area contributed by atoms with E-state index in [0.717, 1.165) is 16.1 Å². The van der Waals surface area contributed by atoms with Crippen LogP contribution < -0.4 is 4.31 Å². The van der Waals surface area contributed by atoms with E-state index >= 15 is 0 Å². The molecule has 0 unspecified atom stereocenters. The van der Waals surface area contributed by atoms with Gasteiger partial charge in [0.2, 0.25) is 15.9 Å². The summed E-state index contributed by atoms with van der Waals surface area (Å²) in [6, 6.07) is 6.13. The zero-order valence-electron chi connectivity index (χ0n) is 16.2. The van der Waals surface area contributed by atoms with E-state index in [1.54, 1.807) is 35.8 Å². The molecule has 0 bridgehead atoms. The highest BCUT2D eigenvalue weighted by Gasteiger charge is 2.34. The minimum Gasteiger partial charge on any atom is -0.450 e. The van der Waals surface area contributed by atoms with Crippen molar-refractivity contribution in [3.8, 4) is 0 Å². The number of nitrogens with zero attached hydrogens (tertiary/aromatic N) is 3. The average Bonchev–Trinajstić information content (AvgIpc) is 2.62. The van der Waals surface area contributed by atoms with Crippen molar-refractivity contribution in [3.05, 3.63) is 29.8 Å². The van der Waals surface area contributed by atoms with Crippen LogP contribution in [0.25, 0.3) is 0 Å². The number of benzene rings is 1. The first-order chi connectivity index (χ1) is 12.6. The first-order valence-electron chi connectivity index (χ1n) is 8.91. The van der Waals surface area contributed by atoms with Crippen molar-refractivity contribution >= 4 is 27.7 Å². The summed E-state index contributed by atoms with van der Waals surface area (Å²) in [6.45, 7) is 6.94. The van der Waals surface area contributed by atoms with Crippen molar-refractivity contribution in [1.29, 1.82) is 0 Å². The first-order valence-corrected chi connectivity index (χ1v) is 10.8. The van der Waals surface area contributed by atoms with Gasteiger partial charge in [-0.05, 0) is 32.9 Å². The fraction of sp³-hybridized carbons (Fsp3) is 0.556. The second-order valence-corrected chi connectivity index (χ2v) is 8.44. The molecule has 27 heavy (non-hydrogen) atoms. The maximum absolute atomic E-state index is 12.9. The Balaban J connectivity index is 2.12. The molecular formula is C18H27N3O5S. The molecule has 1 heterocycles. The molecule has 1 fully saturated rings. The van der Waals surface area contributed by atoms with Crippen LogP contribution >= 0.6 is 0 Å². The van der Waals surface area contributed by atoms with Crippen molar-refractivity contribution < 1.29 is 22.7 Å². The predicted octanol–water partition coefficient (Wildman–Crippen LogP) is 1.45. The highest BCUT2D eigenvalue weighted by atomic mass is 32.2. The van der Waals surface area contributed by atoms with Gasteiger partial charge < -0.3 is 14.5 Å². The Bertz CT molecular complexity index is 771. The fourth-order valence-electron chi connectivity index (χ4n) is 3.08. The Hall–Kier alpha value is -2.29. The standard InChI is InChI=1S/C18H27N3O5S/c1-5-26-18(23)20-12-10-19(11-13-20)17(22)15(3)21(27(4,24)25)16-8-6-14(2)7-9-16/h6-9,15H,5,10-13H2,1-4H3/t15-/m1/s1. The third-order valence-corrected chi connectivity index (χ3v) is 5.71. The van der Waals surface area contributed by atoms with E-state index in [1.807, 2.05) is 19.1 Å². The van der Waals surface area contributed by atoms with Crippen molar-refractivity contribution in [1.82, 2.24) is 9.80 Å². The van der Waals surface area contributed by atoms with Gasteiger partial charge in [0, 0.05) is 26.2 Å². The number of carbonyl (C=O) groups is 2. The maximum Gasteiger partial charge on any atom is 0.409 e. The molecule has 9 heteroatoms. The van der Waals surface area contributed by atoms with Gasteiger partial charge in [-0.2, -0.15) is 0 Å². The molecule has 0 saturated carbocycles. The van der Waals surface area contributed by atoms with Crippen LogP contribution in [0.3, 0.4) is 0 Å². The largest absolute Gasteiger partial charge is 0.450 e. The maximum atomic E-state index is 12.9. The molecule has 0 aromatic heterocycles. The summed E-state index contributed by atoms with van der Waals surface area (Å²) in [5.74, 6) is -0.287. The lowest BCUT2D eigenvalue weighted by Gasteiger charge is -2.37. The number of ether oxygens (including phenoxy) is 1. The van der Waals surface area contributed by atoms with Gasteiger partial charge in [-0.25, -0.2) is 13.2 Å². The van der Waals surface area contributed by atoms with Gasteiger partial charge in [-0.15, -0.1) is 0 Å². The van der Waals surface area contributed by atoms with E-state index in [9.17, 15) is 18.0 Å². The number of sulfonamides is 1. The van der Waals surface area contributed by atoms with Crippen LogP contribution in [0.5, 0.6) is 0 Å². The minimum absolute atomic E-state index is 0.287. The summed E-state index contributed by atoms with van der Waals surface area (Å²) in [7, 11) is -3.64. The highest BCUT2D eigenvalue weighted by Crippen LogP contribution is 2.22. The number of hydrogen-bond donors (Lipinski definition) is 0. The highest BCUT2D eigenvalue weighted by molar-refractivity contribution is 7.92. The Morgan fingerprint density at radius 3 is 2.11 bits per heavy atom. The fourth-order valence-corrected chi connectivity index (χ4v) is 4.25. The monoisotopic (exact) mass is 397 g/mol. The number of piperazine rings is 1. The number of carbonyl (C=O) groups excluding carboxylic acids is 2. The Labute approximate surface area is 160 Å². The molecule has 1 atom stereocenters. The Morgan fingerprint density at radius 1 is 1.11 bits per heavy atom. The van der Waals surface area contributed by atoms with Crippen LogP contribution in [0, 0.1) is 6.92 Å². The topological polar surface area (TPSA) is 87.2 Å². The SMILES string of the molecule is CCOC(=O)N1CCN(C(=O)[C@@H](C)N(c2ccc(C)cc2)S(C)(=O)=O)CC1. The second kappa shape index (κ2) is 8.60. The zero-order chi connectivity index (χ0) is 20.2. The van der Waals surface area contributed by atoms with Gasteiger partial charge in [0.05, 0.1) is 18.6 Å². The van der Waals surface area contributed by atoms with Gasteiger partial charge in [0.1, 0.15) is 6.04 Å². The third kappa shape index (κ3) is 5.12. The van der Waals surface area contributed by atoms with Crippen LogP contribution in [0.4, 0.5) is 10.5 Å². The van der Waals surface area contributed by atoms with Crippen molar-refractivity contribution in [2.75, 3.05) is 43.3 Å². The molecule has 8 nitrogen and oxygen atoms in total. The molecule has 0 radical (unpaired) electrons. The molecule has 2 amide bonds. The van der Waals surface area contributed by atoms with Crippen molar-refractivity contribution in [2.45, 2.75) is 26.8 Å². The van der Waals surface area contributed by atoms with Gasteiger partial charge >= 0.3 is 6.09 Å². The molecule has 1 aromatic rings. The molecule has 0 spiro atoms. The Kier molecular flexibility index (Phi) is 6.69. The zero-order valence-corrected chi connectivity index (χ0v) is 17.0. The van der Waals surface area contributed by atoms with E-state index in [-0.39, 0.29) is 5.91 Å². The molecule has 1 aliphatic heterocycles. The smallest absolute Gasteiger partial charge is 0.409 e. The number of hydrogen-bond acceptors (Lipinski definition) is 5. The van der Waals surface area contributed by atoms with E-state index in [0.29, 0.717) is 38.5 Å². The van der Waals surface area contributed by atoms with Gasteiger partial charge in [-0.1, -0.05) is 17.7 Å². The minimum atomic E-state index is -3.64. The third-order valence-electron chi connectivity index (χ3n) is 4.47. The lowest BCUT2D eigenvalue weighted by Crippen LogP contribution is -2.56. The van der Waals surface area contributed by atoms with Crippen molar-refractivity contribution in [2.24, 2.45) is 0 Å². The van der Waals surface area contributed by atoms with Crippen LogP contribution in [0.15, 0.2) is 24.3 Å². The molecular weight excluding hydrogens is 370 g/mol. The molecule has 0 aliphatic carbocycles. The summed E-state index contributed by atoms with van der Waals surface area (Å²) < 4.78 is 30.8. The summed E-state index contributed by atoms with van der Waals surface area (Å²) in [5, 5.41) is 0. The second-order valence-electron chi connectivity index (χ2n) is 6.58. The molecule has 1 saturated heterocycles. The molecule has 150 valence electrons. The van der Waals surface area contributed by atoms with Gasteiger partial charge in [0.25, 0.3) is 0 Å². The number of anilines is 1. The van der Waals surface area contributed by atoms with Crippen LogP contribution in [-0.2, 0) is 19.6 Å². The number of rotatable bonds is 5. The van der Waals surface area contributed by atoms with Crippen LogP contribution in [-0.4, -0.2) is 75.3 Å². The lowest BCUT2D eigenvalue weighted by molar-refractivity contribution is -0.133. The number of aryl methyl sites for hydroxylation is 1. The van der Waals surface area contributed by atoms with E-state index < -0.39 is 22.2 Å². The molecule has 1 aromatic carbocycles. The van der Waals surface area contributed by atoms with Crippen LogP contribution in [0.2, 0.25) is 0 Å². The normalized spacial score (nSPS) is 16.0. The van der Waals surface area contributed by atoms with Crippen LogP contribution in [0.1, 0.15) is 19.4 Å². The Morgan fingerprint density at radius 2 is 1.63 bits per heavy atom. The summed E-state index contributed by atoms with van der Waals surface area (Å²) in [5.41, 5.74) is 1.45. The quantitative estimate of drug-likeness (QED) is 0.751. The molecule has 1 aliphatic rings. The first kappa shape index (κ1) is 21.0. The molecule has 0 N–H and O–H groups in total. The summed E-state index contributed by atoms with van der Waals surface area (Å²) in [6.07, 6.45) is 0.699. The van der Waals surface area contributed by atoms with Gasteiger partial charge in [-0.3, -0.25) is 9.10 Å². The summed E-state index contributed by atoms with van der Waals surface area (Å²) >= 11 is 0. The van der Waals surface area contributed by atoms with Crippen molar-refractivity contribution in [3.63, 3.8) is 0 Å². The lowest BCUT2D eigenvalue weighted by atomic mass is 10.2. The van der Waals surface area contributed by atoms with E-state index in [4.69, 9.17) is 4.74 Å².